The van der Waals surface area contributed by atoms with Gasteiger partial charge in [-0.05, 0) is 37.3 Å². The number of nitrogens with one attached hydrogen (secondary N) is 1. The molecule has 0 radical (unpaired) electrons. The van der Waals surface area contributed by atoms with Gasteiger partial charge in [0.25, 0.3) is 0 Å². The van der Waals surface area contributed by atoms with Crippen LogP contribution >= 0.6 is 23.7 Å². The molecule has 6 heteroatoms. The van der Waals surface area contributed by atoms with Gasteiger partial charge in [0.1, 0.15) is 17.0 Å². The molecule has 110 valence electrons. The van der Waals surface area contributed by atoms with Crippen molar-refractivity contribution in [3.05, 3.63) is 41.5 Å². The van der Waals surface area contributed by atoms with E-state index in [0.29, 0.717) is 0 Å². The summed E-state index contributed by atoms with van der Waals surface area (Å²) in [5, 5.41) is 4.44. The normalized spacial score (nSPS) is 10.2. The number of fused-ring (bicyclic) bond motifs is 1. The summed E-state index contributed by atoms with van der Waals surface area (Å²) < 4.78 is 0. The Balaban J connectivity index is 0.00000161. The Bertz CT molecular complexity index is 737. The van der Waals surface area contributed by atoms with Crippen LogP contribution in [0.1, 0.15) is 4.88 Å². The van der Waals surface area contributed by atoms with Crippen LogP contribution < -0.4 is 10.2 Å². The molecule has 2 heterocycles. The molecule has 1 N–H and O–H groups in total. The van der Waals surface area contributed by atoms with Gasteiger partial charge in [-0.2, -0.15) is 0 Å². The molecule has 0 amide bonds. The molecule has 3 aromatic rings. The Kier molecular flexibility index (Phi) is 4.65. The Morgan fingerprint density at radius 1 is 1.10 bits per heavy atom. The van der Waals surface area contributed by atoms with Crippen molar-refractivity contribution >= 4 is 51.2 Å². The maximum Gasteiger partial charge on any atom is 0.142 e. The lowest BCUT2D eigenvalue weighted by atomic mass is 10.2. The van der Waals surface area contributed by atoms with Gasteiger partial charge in [0, 0.05) is 30.3 Å². The zero-order chi connectivity index (χ0) is 14.1. The first kappa shape index (κ1) is 15.5. The van der Waals surface area contributed by atoms with Crippen LogP contribution in [0.15, 0.2) is 36.7 Å². The van der Waals surface area contributed by atoms with E-state index in [2.05, 4.69) is 57.4 Å². The average molecular weight is 321 g/mol. The number of hydrogen-bond acceptors (Lipinski definition) is 5. The van der Waals surface area contributed by atoms with Crippen molar-refractivity contribution < 1.29 is 0 Å². The first-order valence-corrected chi connectivity index (χ1v) is 7.21. The predicted octanol–water partition coefficient (Wildman–Crippen LogP) is 4.23. The smallest absolute Gasteiger partial charge is 0.142 e. The number of rotatable bonds is 3. The maximum atomic E-state index is 4.35. The van der Waals surface area contributed by atoms with E-state index in [0.717, 1.165) is 21.7 Å². The molecule has 3 rings (SSSR count). The molecule has 0 fully saturated rings. The summed E-state index contributed by atoms with van der Waals surface area (Å²) in [5.41, 5.74) is 2.20. The molecule has 0 atom stereocenters. The summed E-state index contributed by atoms with van der Waals surface area (Å²) >= 11 is 1.69. The van der Waals surface area contributed by atoms with Crippen LogP contribution in [-0.4, -0.2) is 24.1 Å². The maximum absolute atomic E-state index is 4.35. The fraction of sp³-hybridized carbons (Fsp3) is 0.200. The van der Waals surface area contributed by atoms with Gasteiger partial charge in [-0.25, -0.2) is 9.97 Å². The van der Waals surface area contributed by atoms with Crippen molar-refractivity contribution in [2.75, 3.05) is 24.3 Å². The Hall–Kier alpha value is -1.85. The van der Waals surface area contributed by atoms with E-state index < -0.39 is 0 Å². The van der Waals surface area contributed by atoms with Gasteiger partial charge in [0.05, 0.1) is 5.39 Å². The molecule has 0 spiro atoms. The molecule has 0 bridgehead atoms. The molecular formula is C15H17ClN4S. The fourth-order valence-electron chi connectivity index (χ4n) is 2.06. The van der Waals surface area contributed by atoms with E-state index in [4.69, 9.17) is 0 Å². The van der Waals surface area contributed by atoms with E-state index >= 15 is 0 Å². The molecular weight excluding hydrogens is 304 g/mol. The van der Waals surface area contributed by atoms with E-state index in [1.165, 1.54) is 10.6 Å². The first-order valence-electron chi connectivity index (χ1n) is 6.39. The van der Waals surface area contributed by atoms with Crippen molar-refractivity contribution in [1.82, 2.24) is 9.97 Å². The zero-order valence-electron chi connectivity index (χ0n) is 12.1. The van der Waals surface area contributed by atoms with Gasteiger partial charge in [-0.1, -0.05) is 0 Å². The molecule has 0 saturated heterocycles. The number of benzene rings is 1. The van der Waals surface area contributed by atoms with E-state index in [1.807, 2.05) is 14.1 Å². The van der Waals surface area contributed by atoms with Crippen LogP contribution in [0.4, 0.5) is 17.2 Å². The van der Waals surface area contributed by atoms with Gasteiger partial charge in [0.15, 0.2) is 0 Å². The number of thiophene rings is 1. The molecule has 2 aromatic heterocycles. The molecule has 0 aliphatic heterocycles. The van der Waals surface area contributed by atoms with E-state index in [9.17, 15) is 0 Å². The average Bonchev–Trinajstić information content (AvgIpc) is 2.81. The predicted molar refractivity (Wildman–Crippen MR) is 93.5 cm³/mol. The lowest BCUT2D eigenvalue weighted by molar-refractivity contribution is 1.13. The van der Waals surface area contributed by atoms with Gasteiger partial charge in [-0.3, -0.25) is 0 Å². The highest BCUT2D eigenvalue weighted by atomic mass is 35.5. The van der Waals surface area contributed by atoms with Crippen molar-refractivity contribution in [3.8, 4) is 0 Å². The second kappa shape index (κ2) is 6.28. The summed E-state index contributed by atoms with van der Waals surface area (Å²) in [4.78, 5) is 13.0. The number of anilines is 3. The number of aryl methyl sites for hydroxylation is 1. The monoisotopic (exact) mass is 320 g/mol. The molecule has 0 unspecified atom stereocenters. The number of aromatic nitrogens is 2. The van der Waals surface area contributed by atoms with Gasteiger partial charge in [0.2, 0.25) is 0 Å². The molecule has 4 nitrogen and oxygen atoms in total. The highest BCUT2D eigenvalue weighted by Gasteiger charge is 2.07. The van der Waals surface area contributed by atoms with Crippen LogP contribution in [0.3, 0.4) is 0 Å². The van der Waals surface area contributed by atoms with Crippen LogP contribution in [0, 0.1) is 6.92 Å². The minimum absolute atomic E-state index is 0. The molecule has 21 heavy (non-hydrogen) atoms. The lowest BCUT2D eigenvalue weighted by Gasteiger charge is -2.13. The van der Waals surface area contributed by atoms with Crippen LogP contribution in [0.25, 0.3) is 10.2 Å². The standard InChI is InChI=1S/C15H16N4S.ClH/c1-10-8-13-14(16-9-17-15(13)20-10)18-11-4-6-12(7-5-11)19(2)3;/h4-9H,1-3H3,(H,16,17,18);1H. The lowest BCUT2D eigenvalue weighted by Crippen LogP contribution is -2.08. The van der Waals surface area contributed by atoms with E-state index in [1.54, 1.807) is 17.7 Å². The molecule has 1 aromatic carbocycles. The van der Waals surface area contributed by atoms with E-state index in [-0.39, 0.29) is 12.4 Å². The summed E-state index contributed by atoms with van der Waals surface area (Å²) in [6, 6.07) is 10.4. The van der Waals surface area contributed by atoms with Crippen molar-refractivity contribution in [2.24, 2.45) is 0 Å². The number of halogens is 1. The molecule has 0 aliphatic rings. The number of nitrogens with zero attached hydrogens (tertiary/aromatic N) is 3. The Labute approximate surface area is 134 Å². The third-order valence-corrected chi connectivity index (χ3v) is 4.06. The fourth-order valence-corrected chi connectivity index (χ4v) is 2.90. The Morgan fingerprint density at radius 2 is 1.81 bits per heavy atom. The second-order valence-corrected chi connectivity index (χ2v) is 6.10. The molecule has 0 saturated carbocycles. The van der Waals surface area contributed by atoms with Crippen LogP contribution in [-0.2, 0) is 0 Å². The van der Waals surface area contributed by atoms with Crippen molar-refractivity contribution in [3.63, 3.8) is 0 Å². The highest BCUT2D eigenvalue weighted by Crippen LogP contribution is 2.29. The van der Waals surface area contributed by atoms with Gasteiger partial charge >= 0.3 is 0 Å². The van der Waals surface area contributed by atoms with Crippen molar-refractivity contribution in [1.29, 1.82) is 0 Å². The summed E-state index contributed by atoms with van der Waals surface area (Å²) in [7, 11) is 4.06. The molecule has 0 aliphatic carbocycles. The Morgan fingerprint density at radius 3 is 2.48 bits per heavy atom. The zero-order valence-corrected chi connectivity index (χ0v) is 13.8. The van der Waals surface area contributed by atoms with Crippen LogP contribution in [0.2, 0.25) is 0 Å². The first-order chi connectivity index (χ1) is 9.63. The largest absolute Gasteiger partial charge is 0.378 e. The topological polar surface area (TPSA) is 41.0 Å². The second-order valence-electron chi connectivity index (χ2n) is 4.86. The van der Waals surface area contributed by atoms with Gasteiger partial charge in [-0.15, -0.1) is 23.7 Å². The number of hydrogen-bond donors (Lipinski definition) is 1. The minimum Gasteiger partial charge on any atom is -0.378 e. The van der Waals surface area contributed by atoms with Crippen LogP contribution in [0.5, 0.6) is 0 Å². The summed E-state index contributed by atoms with van der Waals surface area (Å²) in [5.74, 6) is 0.858. The van der Waals surface area contributed by atoms with Crippen molar-refractivity contribution in [2.45, 2.75) is 6.92 Å². The summed E-state index contributed by atoms with van der Waals surface area (Å²) in [6.45, 7) is 2.09. The minimum atomic E-state index is 0. The SMILES string of the molecule is Cc1cc2c(Nc3ccc(N(C)C)cc3)ncnc2s1.Cl. The quantitative estimate of drug-likeness (QED) is 0.784. The third kappa shape index (κ3) is 3.25. The van der Waals surface area contributed by atoms with Gasteiger partial charge < -0.3 is 10.2 Å². The highest BCUT2D eigenvalue weighted by molar-refractivity contribution is 7.18. The summed E-state index contributed by atoms with van der Waals surface area (Å²) in [6.07, 6.45) is 1.61. The third-order valence-electron chi connectivity index (χ3n) is 3.10.